The number of aromatic hydroxyl groups is 1. The van der Waals surface area contributed by atoms with Crippen molar-refractivity contribution in [2.75, 3.05) is 0 Å². The van der Waals surface area contributed by atoms with Gasteiger partial charge in [0, 0.05) is 16.6 Å². The first-order valence-electron chi connectivity index (χ1n) is 6.22. The summed E-state index contributed by atoms with van der Waals surface area (Å²) in [4.78, 5) is 22.9. The Labute approximate surface area is 131 Å². The standard InChI is InChI=1S/C13H13Cl2N3O3/c1-6(9-4-7(14)5-10(15)11(9)19)17-18-13(21)12(20)16-8-2-3-8/h4-5,8,19H,2-3H2,1H3,(H,16,20)(H,18,21)/b17-6+. The number of carbonyl (C=O) groups is 2. The first-order valence-corrected chi connectivity index (χ1v) is 6.97. The molecule has 0 aromatic heterocycles. The molecule has 0 heterocycles. The van der Waals surface area contributed by atoms with Crippen LogP contribution in [0.2, 0.25) is 10.0 Å². The maximum absolute atomic E-state index is 11.5. The number of phenolic OH excluding ortho intramolecular Hbond substituents is 1. The van der Waals surface area contributed by atoms with Crippen molar-refractivity contribution in [3.63, 3.8) is 0 Å². The van der Waals surface area contributed by atoms with Gasteiger partial charge in [0.15, 0.2) is 0 Å². The summed E-state index contributed by atoms with van der Waals surface area (Å²) in [6, 6.07) is 2.93. The van der Waals surface area contributed by atoms with Gasteiger partial charge in [-0.25, -0.2) is 5.43 Å². The molecule has 1 saturated carbocycles. The molecule has 3 N–H and O–H groups in total. The average Bonchev–Trinajstić information content (AvgIpc) is 3.23. The number of hydrazone groups is 1. The monoisotopic (exact) mass is 329 g/mol. The molecule has 21 heavy (non-hydrogen) atoms. The molecule has 0 atom stereocenters. The average molecular weight is 330 g/mol. The highest BCUT2D eigenvalue weighted by Gasteiger charge is 2.26. The van der Waals surface area contributed by atoms with E-state index in [1.54, 1.807) is 6.92 Å². The number of benzene rings is 1. The van der Waals surface area contributed by atoms with E-state index in [-0.39, 0.29) is 28.1 Å². The number of carbonyl (C=O) groups excluding carboxylic acids is 2. The normalized spacial score (nSPS) is 14.7. The number of rotatable bonds is 3. The Hall–Kier alpha value is -1.79. The van der Waals surface area contributed by atoms with E-state index in [2.05, 4.69) is 15.8 Å². The molecule has 0 saturated heterocycles. The highest BCUT2D eigenvalue weighted by Crippen LogP contribution is 2.31. The van der Waals surface area contributed by atoms with Gasteiger partial charge in [-0.2, -0.15) is 5.10 Å². The van der Waals surface area contributed by atoms with E-state index in [4.69, 9.17) is 23.2 Å². The van der Waals surface area contributed by atoms with Gasteiger partial charge in [-0.15, -0.1) is 0 Å². The topological polar surface area (TPSA) is 90.8 Å². The van der Waals surface area contributed by atoms with E-state index in [9.17, 15) is 14.7 Å². The molecule has 0 radical (unpaired) electrons. The summed E-state index contributed by atoms with van der Waals surface area (Å²) in [6.07, 6.45) is 1.77. The Bertz CT molecular complexity index is 627. The van der Waals surface area contributed by atoms with Crippen molar-refractivity contribution >= 4 is 40.7 Å². The minimum Gasteiger partial charge on any atom is -0.506 e. The third-order valence-corrected chi connectivity index (χ3v) is 3.37. The molecule has 1 aliphatic rings. The number of amides is 2. The van der Waals surface area contributed by atoms with E-state index >= 15 is 0 Å². The highest BCUT2D eigenvalue weighted by molar-refractivity contribution is 6.37. The molecule has 1 aliphatic carbocycles. The summed E-state index contributed by atoms with van der Waals surface area (Å²) in [5, 5.41) is 16.5. The van der Waals surface area contributed by atoms with Crippen LogP contribution in [0.25, 0.3) is 0 Å². The summed E-state index contributed by atoms with van der Waals surface area (Å²) in [7, 11) is 0. The van der Waals surface area contributed by atoms with E-state index in [0.29, 0.717) is 5.02 Å². The van der Waals surface area contributed by atoms with Crippen molar-refractivity contribution in [2.45, 2.75) is 25.8 Å². The van der Waals surface area contributed by atoms with Crippen LogP contribution in [0.3, 0.4) is 0 Å². The fourth-order valence-corrected chi connectivity index (χ4v) is 2.06. The molecule has 1 aromatic rings. The van der Waals surface area contributed by atoms with Crippen molar-refractivity contribution in [3.05, 3.63) is 27.7 Å². The maximum atomic E-state index is 11.5. The molecule has 2 amide bonds. The molecule has 2 rings (SSSR count). The zero-order valence-electron chi connectivity index (χ0n) is 11.1. The van der Waals surface area contributed by atoms with Crippen LogP contribution < -0.4 is 10.7 Å². The molecule has 6 nitrogen and oxygen atoms in total. The minimum absolute atomic E-state index is 0.0739. The summed E-state index contributed by atoms with van der Waals surface area (Å²) in [5.41, 5.74) is 2.66. The first-order chi connectivity index (χ1) is 9.88. The predicted molar refractivity (Wildman–Crippen MR) is 79.6 cm³/mol. The summed E-state index contributed by atoms with van der Waals surface area (Å²) in [5.74, 6) is -1.80. The van der Waals surface area contributed by atoms with Crippen LogP contribution in [0.1, 0.15) is 25.3 Å². The summed E-state index contributed by atoms with van der Waals surface area (Å²) in [6.45, 7) is 1.54. The van der Waals surface area contributed by atoms with Gasteiger partial charge in [-0.3, -0.25) is 9.59 Å². The lowest BCUT2D eigenvalue weighted by atomic mass is 10.1. The molecule has 8 heteroatoms. The minimum atomic E-state index is -0.867. The largest absolute Gasteiger partial charge is 0.506 e. The van der Waals surface area contributed by atoms with Gasteiger partial charge >= 0.3 is 11.8 Å². The second kappa shape index (κ2) is 6.32. The van der Waals surface area contributed by atoms with Crippen molar-refractivity contribution < 1.29 is 14.7 Å². The number of hydrogen-bond donors (Lipinski definition) is 3. The molecule has 1 fully saturated rings. The number of nitrogens with zero attached hydrogens (tertiary/aromatic N) is 1. The zero-order chi connectivity index (χ0) is 15.6. The molecular formula is C13H13Cl2N3O3. The summed E-state index contributed by atoms with van der Waals surface area (Å²) >= 11 is 11.6. The fourth-order valence-electron chi connectivity index (χ4n) is 1.57. The fraction of sp³-hybridized carbons (Fsp3) is 0.308. The number of phenols is 1. The van der Waals surface area contributed by atoms with Gasteiger partial charge in [0.1, 0.15) is 5.75 Å². The van der Waals surface area contributed by atoms with Gasteiger partial charge in [0.2, 0.25) is 0 Å². The Morgan fingerprint density at radius 3 is 2.57 bits per heavy atom. The van der Waals surface area contributed by atoms with Crippen LogP contribution in [0.4, 0.5) is 0 Å². The van der Waals surface area contributed by atoms with Crippen molar-refractivity contribution in [2.24, 2.45) is 5.10 Å². The molecule has 1 aromatic carbocycles. The lowest BCUT2D eigenvalue weighted by molar-refractivity contribution is -0.139. The molecule has 0 spiro atoms. The zero-order valence-corrected chi connectivity index (χ0v) is 12.6. The molecule has 0 bridgehead atoms. The van der Waals surface area contributed by atoms with Crippen LogP contribution in [0.5, 0.6) is 5.75 Å². The Morgan fingerprint density at radius 2 is 1.95 bits per heavy atom. The van der Waals surface area contributed by atoms with E-state index < -0.39 is 11.8 Å². The first kappa shape index (κ1) is 15.6. The number of nitrogens with one attached hydrogen (secondary N) is 2. The van der Waals surface area contributed by atoms with Gasteiger partial charge in [0.25, 0.3) is 0 Å². The highest BCUT2D eigenvalue weighted by atomic mass is 35.5. The number of hydrogen-bond acceptors (Lipinski definition) is 4. The lowest BCUT2D eigenvalue weighted by Gasteiger charge is -2.07. The second-order valence-corrected chi connectivity index (χ2v) is 5.51. The Morgan fingerprint density at radius 1 is 1.29 bits per heavy atom. The molecule has 0 unspecified atom stereocenters. The van der Waals surface area contributed by atoms with Crippen molar-refractivity contribution in [3.8, 4) is 5.75 Å². The van der Waals surface area contributed by atoms with E-state index in [1.165, 1.54) is 12.1 Å². The SMILES string of the molecule is C/C(=N\NC(=O)C(=O)NC1CC1)c1cc(Cl)cc(Cl)c1O. The van der Waals surface area contributed by atoms with Crippen molar-refractivity contribution in [1.29, 1.82) is 0 Å². The smallest absolute Gasteiger partial charge is 0.329 e. The Balaban J connectivity index is 2.06. The lowest BCUT2D eigenvalue weighted by Crippen LogP contribution is -2.39. The van der Waals surface area contributed by atoms with Gasteiger partial charge in [0.05, 0.1) is 10.7 Å². The Kier molecular flexibility index (Phi) is 4.69. The number of halogens is 2. The van der Waals surface area contributed by atoms with Crippen LogP contribution in [-0.2, 0) is 9.59 Å². The van der Waals surface area contributed by atoms with Crippen LogP contribution in [0, 0.1) is 0 Å². The van der Waals surface area contributed by atoms with E-state index in [0.717, 1.165) is 12.8 Å². The molecule has 112 valence electrons. The van der Waals surface area contributed by atoms with Gasteiger partial charge in [-0.05, 0) is 31.9 Å². The second-order valence-electron chi connectivity index (χ2n) is 4.67. The third-order valence-electron chi connectivity index (χ3n) is 2.86. The molecule has 0 aliphatic heterocycles. The molecular weight excluding hydrogens is 317 g/mol. The summed E-state index contributed by atoms with van der Waals surface area (Å²) < 4.78 is 0. The quantitative estimate of drug-likeness (QED) is 0.448. The van der Waals surface area contributed by atoms with Gasteiger partial charge in [-0.1, -0.05) is 23.2 Å². The van der Waals surface area contributed by atoms with Crippen molar-refractivity contribution in [1.82, 2.24) is 10.7 Å². The predicted octanol–water partition coefficient (Wildman–Crippen LogP) is 1.82. The third kappa shape index (κ3) is 4.09. The van der Waals surface area contributed by atoms with Gasteiger partial charge < -0.3 is 10.4 Å². The maximum Gasteiger partial charge on any atom is 0.329 e. The van der Waals surface area contributed by atoms with Crippen LogP contribution in [0.15, 0.2) is 17.2 Å². The van der Waals surface area contributed by atoms with Crippen LogP contribution in [-0.4, -0.2) is 28.7 Å². The van der Waals surface area contributed by atoms with E-state index in [1.807, 2.05) is 0 Å². The van der Waals surface area contributed by atoms with Crippen LogP contribution >= 0.6 is 23.2 Å².